The van der Waals surface area contributed by atoms with Crippen molar-refractivity contribution >= 4 is 56.2 Å². The molecule has 0 spiro atoms. The molecule has 0 aliphatic carbocycles. The summed E-state index contributed by atoms with van der Waals surface area (Å²) in [7, 11) is -2.17. The van der Waals surface area contributed by atoms with Gasteiger partial charge in [-0.2, -0.15) is 0 Å². The standard InChI is InChI=1S/BH3O3.Ba.O/c2-1(3)4;;/h2-4H;;/q;+2;-2. The van der Waals surface area contributed by atoms with E-state index in [1.165, 1.54) is 0 Å². The average molecular weight is 215 g/mol. The molecule has 0 rings (SSSR count). The van der Waals surface area contributed by atoms with Crippen LogP contribution in [-0.4, -0.2) is 71.3 Å². The van der Waals surface area contributed by atoms with Crippen LogP contribution < -0.4 is 0 Å². The van der Waals surface area contributed by atoms with Gasteiger partial charge >= 0.3 is 56.2 Å². The van der Waals surface area contributed by atoms with Gasteiger partial charge in [-0.1, -0.05) is 0 Å². The van der Waals surface area contributed by atoms with Crippen LogP contribution in [0.3, 0.4) is 0 Å². The van der Waals surface area contributed by atoms with E-state index in [1.54, 1.807) is 0 Å². The van der Waals surface area contributed by atoms with Crippen molar-refractivity contribution < 1.29 is 20.5 Å². The van der Waals surface area contributed by atoms with Crippen LogP contribution in [0.1, 0.15) is 0 Å². The van der Waals surface area contributed by atoms with E-state index in [9.17, 15) is 0 Å². The molecule has 0 aliphatic rings. The Hall–Kier alpha value is 1.48. The average Bonchev–Trinajstić information content (AvgIpc) is 0.811. The van der Waals surface area contributed by atoms with Gasteiger partial charge in [0.1, 0.15) is 0 Å². The molecule has 32 valence electrons. The molecule has 0 saturated carbocycles. The van der Waals surface area contributed by atoms with Gasteiger partial charge in [-0.25, -0.2) is 0 Å². The van der Waals surface area contributed by atoms with Crippen LogP contribution in [0, 0.1) is 0 Å². The smallest absolute Gasteiger partial charge is 2.00 e. The summed E-state index contributed by atoms with van der Waals surface area (Å²) in [6.45, 7) is 0. The number of hydrogen-bond donors (Lipinski definition) is 3. The predicted octanol–water partition coefficient (Wildman–Crippen LogP) is -2.55. The Morgan fingerprint density at radius 3 is 1.00 bits per heavy atom. The SMILES string of the molecule is OB(O)O.[Ba+2].[O-2]. The molecule has 6 heavy (non-hydrogen) atoms. The van der Waals surface area contributed by atoms with Gasteiger partial charge in [0.05, 0.1) is 0 Å². The Morgan fingerprint density at radius 1 is 1.00 bits per heavy atom. The van der Waals surface area contributed by atoms with E-state index in [0.29, 0.717) is 0 Å². The van der Waals surface area contributed by atoms with Crippen LogP contribution in [0.15, 0.2) is 0 Å². The molecule has 0 radical (unpaired) electrons. The molecule has 0 saturated heterocycles. The number of rotatable bonds is 0. The van der Waals surface area contributed by atoms with Gasteiger partial charge in [0.25, 0.3) is 0 Å². The van der Waals surface area contributed by atoms with Crippen LogP contribution >= 0.6 is 0 Å². The summed E-state index contributed by atoms with van der Waals surface area (Å²) in [6.07, 6.45) is 0. The van der Waals surface area contributed by atoms with Crippen molar-refractivity contribution in [3.05, 3.63) is 0 Å². The van der Waals surface area contributed by atoms with Crippen LogP contribution in [0.4, 0.5) is 0 Å². The molecule has 0 aromatic heterocycles. The van der Waals surface area contributed by atoms with Gasteiger partial charge in [0, 0.05) is 0 Å². The van der Waals surface area contributed by atoms with E-state index in [0.717, 1.165) is 0 Å². The van der Waals surface area contributed by atoms with E-state index in [-0.39, 0.29) is 54.4 Å². The molecule has 0 aliphatic heterocycles. The van der Waals surface area contributed by atoms with Crippen molar-refractivity contribution in [2.75, 3.05) is 0 Å². The summed E-state index contributed by atoms with van der Waals surface area (Å²) in [5.41, 5.74) is 0. The fourth-order valence-corrected chi connectivity index (χ4v) is 0. The third-order valence-electron chi connectivity index (χ3n) is 0. The first-order chi connectivity index (χ1) is 1.73. The molecule has 3 N–H and O–H groups in total. The second kappa shape index (κ2) is 9.69. The van der Waals surface area contributed by atoms with Gasteiger partial charge in [-0.05, 0) is 0 Å². The molecule has 0 aromatic rings. The second-order valence-corrected chi connectivity index (χ2v) is 0.346. The largest absolute Gasteiger partial charge is 2.00 e. The van der Waals surface area contributed by atoms with E-state index < -0.39 is 7.32 Å². The molecule has 0 fully saturated rings. The Morgan fingerprint density at radius 2 is 1.00 bits per heavy atom. The van der Waals surface area contributed by atoms with Crippen molar-refractivity contribution in [1.29, 1.82) is 0 Å². The zero-order chi connectivity index (χ0) is 3.58. The molecule has 0 amide bonds. The minimum atomic E-state index is -2.17. The van der Waals surface area contributed by atoms with Crippen molar-refractivity contribution in [3.8, 4) is 0 Å². The molecule has 0 aromatic carbocycles. The summed E-state index contributed by atoms with van der Waals surface area (Å²) in [4.78, 5) is 0. The summed E-state index contributed by atoms with van der Waals surface area (Å²) in [6, 6.07) is 0. The van der Waals surface area contributed by atoms with Crippen molar-refractivity contribution in [1.82, 2.24) is 0 Å². The summed E-state index contributed by atoms with van der Waals surface area (Å²) in [5, 5.41) is 21.5. The van der Waals surface area contributed by atoms with Crippen LogP contribution in [0.2, 0.25) is 0 Å². The van der Waals surface area contributed by atoms with Gasteiger partial charge in [-0.15, -0.1) is 0 Å². The molecule has 0 unspecified atom stereocenters. The third kappa shape index (κ3) is 50.3. The summed E-state index contributed by atoms with van der Waals surface area (Å²) < 4.78 is 0. The van der Waals surface area contributed by atoms with Crippen molar-refractivity contribution in [2.24, 2.45) is 0 Å². The Labute approximate surface area is 75.7 Å². The normalized spacial score (nSPS) is 4.50. The van der Waals surface area contributed by atoms with E-state index in [4.69, 9.17) is 15.1 Å². The maximum Gasteiger partial charge on any atom is 2.00 e. The fourth-order valence-electron chi connectivity index (χ4n) is 0. The zero-order valence-electron chi connectivity index (χ0n) is 3.03. The maximum atomic E-state index is 7.17. The van der Waals surface area contributed by atoms with Gasteiger partial charge < -0.3 is 20.5 Å². The quantitative estimate of drug-likeness (QED) is 0.388. The topological polar surface area (TPSA) is 89.2 Å². The fraction of sp³-hybridized carbons (Fsp3) is 0. The monoisotopic (exact) mass is 216 g/mol. The van der Waals surface area contributed by atoms with Crippen LogP contribution in [0.25, 0.3) is 0 Å². The Bertz CT molecular complexity index is 12.3. The van der Waals surface area contributed by atoms with Crippen LogP contribution in [0.5, 0.6) is 0 Å². The third-order valence-corrected chi connectivity index (χ3v) is 0. The molecular formula is H3BBaO4. The van der Waals surface area contributed by atoms with Crippen molar-refractivity contribution in [2.45, 2.75) is 0 Å². The first-order valence-electron chi connectivity index (χ1n) is 0.775. The molecular weight excluding hydrogens is 212 g/mol. The molecule has 0 atom stereocenters. The predicted molar refractivity (Wildman–Crippen MR) is 18.9 cm³/mol. The minimum Gasteiger partial charge on any atom is -2.00 e. The van der Waals surface area contributed by atoms with Gasteiger partial charge in [0.2, 0.25) is 0 Å². The molecule has 0 heterocycles. The van der Waals surface area contributed by atoms with Gasteiger partial charge in [0.15, 0.2) is 0 Å². The number of hydrogen-bond acceptors (Lipinski definition) is 3. The summed E-state index contributed by atoms with van der Waals surface area (Å²) in [5.74, 6) is 0. The van der Waals surface area contributed by atoms with E-state index >= 15 is 0 Å². The molecule has 6 heteroatoms. The first kappa shape index (κ1) is 15.6. The molecule has 0 bridgehead atoms. The van der Waals surface area contributed by atoms with E-state index in [1.807, 2.05) is 0 Å². The van der Waals surface area contributed by atoms with Crippen molar-refractivity contribution in [3.63, 3.8) is 0 Å². The first-order valence-corrected chi connectivity index (χ1v) is 0.775. The Kier molecular flexibility index (Phi) is 25.3. The molecule has 4 nitrogen and oxygen atoms in total. The summed E-state index contributed by atoms with van der Waals surface area (Å²) >= 11 is 0. The Balaban J connectivity index is -0.0000000450. The van der Waals surface area contributed by atoms with E-state index in [2.05, 4.69) is 0 Å². The second-order valence-electron chi connectivity index (χ2n) is 0.346. The van der Waals surface area contributed by atoms with Gasteiger partial charge in [-0.3, -0.25) is 0 Å². The van der Waals surface area contributed by atoms with Crippen LogP contribution in [-0.2, 0) is 5.48 Å². The minimum absolute atomic E-state index is 0. The zero-order valence-corrected chi connectivity index (χ0v) is 7.48. The maximum absolute atomic E-state index is 7.17.